The quantitative estimate of drug-likeness (QED) is 0.359. The van der Waals surface area contributed by atoms with Crippen LogP contribution < -0.4 is 14.8 Å². The Kier molecular flexibility index (Phi) is 8.18. The van der Waals surface area contributed by atoms with Crippen LogP contribution in [0.1, 0.15) is 12.0 Å². The Morgan fingerprint density at radius 3 is 2.38 bits per heavy atom. The molecule has 1 aromatic heterocycles. The van der Waals surface area contributed by atoms with Crippen molar-refractivity contribution in [3.05, 3.63) is 84.6 Å². The number of anilines is 1. The number of sulfonamides is 1. The molecule has 1 atom stereocenters. The molecule has 0 spiro atoms. The van der Waals surface area contributed by atoms with Gasteiger partial charge in [0.15, 0.2) is 0 Å². The van der Waals surface area contributed by atoms with E-state index in [9.17, 15) is 18.3 Å². The highest BCUT2D eigenvalue weighted by Crippen LogP contribution is 2.15. The molecule has 8 nitrogen and oxygen atoms in total. The van der Waals surface area contributed by atoms with E-state index in [1.807, 2.05) is 18.2 Å². The molecule has 1 heterocycles. The first-order chi connectivity index (χ1) is 15.4. The van der Waals surface area contributed by atoms with Crippen LogP contribution in [0.25, 0.3) is 0 Å². The van der Waals surface area contributed by atoms with Crippen LogP contribution in [0, 0.1) is 0 Å². The molecule has 0 aliphatic rings. The van der Waals surface area contributed by atoms with Crippen molar-refractivity contribution in [1.82, 2.24) is 9.71 Å². The Morgan fingerprint density at radius 1 is 1.00 bits per heavy atom. The Morgan fingerprint density at radius 2 is 1.72 bits per heavy atom. The van der Waals surface area contributed by atoms with E-state index < -0.39 is 22.0 Å². The highest BCUT2D eigenvalue weighted by molar-refractivity contribution is 7.89. The van der Waals surface area contributed by atoms with E-state index in [0.717, 1.165) is 18.8 Å². The number of ether oxygens (including phenoxy) is 1. The molecule has 3 N–H and O–H groups in total. The van der Waals surface area contributed by atoms with Gasteiger partial charge in [-0.3, -0.25) is 4.79 Å². The van der Waals surface area contributed by atoms with Crippen LogP contribution in [0.2, 0.25) is 0 Å². The number of hydrogen-bond donors (Lipinski definition) is 3. The summed E-state index contributed by atoms with van der Waals surface area (Å²) < 4.78 is 32.9. The molecule has 0 saturated heterocycles. The highest BCUT2D eigenvalue weighted by Gasteiger charge is 2.25. The fourth-order valence-electron chi connectivity index (χ4n) is 2.94. The molecular weight excluding hydrogens is 430 g/mol. The van der Waals surface area contributed by atoms with Gasteiger partial charge in [-0.25, -0.2) is 13.4 Å². The second kappa shape index (κ2) is 11.3. The Balaban J connectivity index is 1.49. The third-order valence-corrected chi connectivity index (χ3v) is 6.06. The van der Waals surface area contributed by atoms with Crippen molar-refractivity contribution in [3.8, 4) is 5.75 Å². The Labute approximate surface area is 187 Å². The van der Waals surface area contributed by atoms with Gasteiger partial charge in [-0.2, -0.15) is 4.72 Å². The van der Waals surface area contributed by atoms with E-state index in [4.69, 9.17) is 4.74 Å². The average molecular weight is 456 g/mol. The predicted octanol–water partition coefficient (Wildman–Crippen LogP) is 2.94. The molecule has 168 valence electrons. The summed E-state index contributed by atoms with van der Waals surface area (Å²) in [6, 6.07) is 19.0. The first kappa shape index (κ1) is 23.2. The van der Waals surface area contributed by atoms with Crippen molar-refractivity contribution in [3.63, 3.8) is 0 Å². The molecule has 0 saturated carbocycles. The van der Waals surface area contributed by atoms with Crippen molar-refractivity contribution in [2.75, 3.05) is 18.5 Å². The molecular formula is C23H25N3O5S. The number of hydrogen-bond acceptors (Lipinski definition) is 6. The smallest absolute Gasteiger partial charge is 0.322 e. The van der Waals surface area contributed by atoms with E-state index in [0.29, 0.717) is 17.9 Å². The van der Waals surface area contributed by atoms with Crippen LogP contribution in [0.5, 0.6) is 5.75 Å². The maximum absolute atomic E-state index is 12.4. The number of carboxylic acid groups (broad SMARTS) is 1. The van der Waals surface area contributed by atoms with Crippen molar-refractivity contribution < 1.29 is 23.1 Å². The molecule has 3 rings (SSSR count). The van der Waals surface area contributed by atoms with Crippen LogP contribution in [0.4, 0.5) is 5.82 Å². The largest absolute Gasteiger partial charge is 0.494 e. The summed E-state index contributed by atoms with van der Waals surface area (Å²) in [5.41, 5.74) is 0.678. The van der Waals surface area contributed by atoms with Crippen LogP contribution in [-0.4, -0.2) is 43.7 Å². The van der Waals surface area contributed by atoms with Crippen molar-refractivity contribution in [2.45, 2.75) is 23.8 Å². The normalized spacial score (nSPS) is 12.1. The maximum Gasteiger partial charge on any atom is 0.322 e. The molecule has 32 heavy (non-hydrogen) atoms. The lowest BCUT2D eigenvalue weighted by atomic mass is 10.1. The molecule has 0 aliphatic carbocycles. The number of carbonyl (C=O) groups is 1. The zero-order valence-corrected chi connectivity index (χ0v) is 18.2. The second-order valence-electron chi connectivity index (χ2n) is 7.02. The topological polar surface area (TPSA) is 118 Å². The SMILES string of the molecule is O=C(O)[C@H](Cc1ccc(OCCCNc2ccccn2)cc1)NS(=O)(=O)c1ccccc1. The molecule has 0 aliphatic heterocycles. The third-order valence-electron chi connectivity index (χ3n) is 4.57. The van der Waals surface area contributed by atoms with Crippen molar-refractivity contribution >= 4 is 21.8 Å². The van der Waals surface area contributed by atoms with Crippen LogP contribution in [0.15, 0.2) is 83.9 Å². The van der Waals surface area contributed by atoms with Crippen molar-refractivity contribution in [1.29, 1.82) is 0 Å². The summed E-state index contributed by atoms with van der Waals surface area (Å²) >= 11 is 0. The van der Waals surface area contributed by atoms with E-state index in [2.05, 4.69) is 15.0 Å². The molecule has 0 unspecified atom stereocenters. The predicted molar refractivity (Wildman–Crippen MR) is 121 cm³/mol. The van der Waals surface area contributed by atoms with Crippen LogP contribution in [-0.2, 0) is 21.2 Å². The van der Waals surface area contributed by atoms with Gasteiger partial charge in [-0.15, -0.1) is 0 Å². The van der Waals surface area contributed by atoms with Gasteiger partial charge in [0.2, 0.25) is 10.0 Å². The summed E-state index contributed by atoms with van der Waals surface area (Å²) in [6.07, 6.45) is 2.51. The van der Waals surface area contributed by atoms with Gasteiger partial charge in [0.25, 0.3) is 0 Å². The minimum atomic E-state index is -3.94. The van der Waals surface area contributed by atoms with E-state index >= 15 is 0 Å². The number of pyridine rings is 1. The van der Waals surface area contributed by atoms with E-state index in [-0.39, 0.29) is 11.3 Å². The van der Waals surface area contributed by atoms with Gasteiger partial charge in [-0.05, 0) is 54.8 Å². The summed E-state index contributed by atoms with van der Waals surface area (Å²) in [4.78, 5) is 15.8. The number of nitrogens with zero attached hydrogens (tertiary/aromatic N) is 1. The lowest BCUT2D eigenvalue weighted by Gasteiger charge is -2.15. The molecule has 0 radical (unpaired) electrons. The lowest BCUT2D eigenvalue weighted by Crippen LogP contribution is -2.42. The number of benzene rings is 2. The first-order valence-corrected chi connectivity index (χ1v) is 11.6. The summed E-state index contributed by atoms with van der Waals surface area (Å²) in [7, 11) is -3.94. The number of aromatic nitrogens is 1. The van der Waals surface area contributed by atoms with E-state index in [1.54, 1.807) is 48.7 Å². The number of aliphatic carboxylic acids is 1. The molecule has 0 bridgehead atoms. The number of carboxylic acids is 1. The van der Waals surface area contributed by atoms with Gasteiger partial charge in [0, 0.05) is 12.7 Å². The molecule has 9 heteroatoms. The van der Waals surface area contributed by atoms with E-state index in [1.165, 1.54) is 12.1 Å². The number of rotatable bonds is 12. The summed E-state index contributed by atoms with van der Waals surface area (Å²) in [6.45, 7) is 1.23. The first-order valence-electron chi connectivity index (χ1n) is 10.1. The fourth-order valence-corrected chi connectivity index (χ4v) is 4.15. The summed E-state index contributed by atoms with van der Waals surface area (Å²) in [5.74, 6) is 0.223. The van der Waals surface area contributed by atoms with Gasteiger partial charge >= 0.3 is 5.97 Å². The van der Waals surface area contributed by atoms with Crippen molar-refractivity contribution in [2.24, 2.45) is 0 Å². The highest BCUT2D eigenvalue weighted by atomic mass is 32.2. The molecule has 0 fully saturated rings. The number of nitrogens with one attached hydrogen (secondary N) is 2. The zero-order valence-electron chi connectivity index (χ0n) is 17.3. The zero-order chi connectivity index (χ0) is 22.8. The second-order valence-corrected chi connectivity index (χ2v) is 8.73. The monoisotopic (exact) mass is 455 g/mol. The third kappa shape index (κ3) is 7.07. The minimum Gasteiger partial charge on any atom is -0.494 e. The average Bonchev–Trinajstić information content (AvgIpc) is 2.80. The summed E-state index contributed by atoms with van der Waals surface area (Å²) in [5, 5.41) is 12.7. The van der Waals surface area contributed by atoms with Gasteiger partial charge in [0.1, 0.15) is 17.6 Å². The fraction of sp³-hybridized carbons (Fsp3) is 0.217. The Hall–Kier alpha value is -3.43. The van der Waals surface area contributed by atoms with Crippen LogP contribution in [0.3, 0.4) is 0 Å². The van der Waals surface area contributed by atoms with Crippen LogP contribution >= 0.6 is 0 Å². The van der Waals surface area contributed by atoms with Gasteiger partial charge in [0.05, 0.1) is 11.5 Å². The van der Waals surface area contributed by atoms with Gasteiger partial charge < -0.3 is 15.2 Å². The molecule has 3 aromatic rings. The molecule has 2 aromatic carbocycles. The minimum absolute atomic E-state index is 0.00960. The Bertz CT molecular complexity index is 1090. The standard InChI is InChI=1S/C23H25N3O5S/c27-23(28)21(26-32(29,30)20-7-2-1-3-8-20)17-18-10-12-19(13-11-18)31-16-6-15-25-22-9-4-5-14-24-22/h1-5,7-14,21,26H,6,15-17H2,(H,24,25)(H,27,28)/t21-/m0/s1. The van der Waals surface area contributed by atoms with Gasteiger partial charge in [-0.1, -0.05) is 36.4 Å². The lowest BCUT2D eigenvalue weighted by molar-refractivity contribution is -0.138. The maximum atomic E-state index is 12.4. The molecule has 0 amide bonds.